The SMILES string of the molecule is Nc1cccc(Cl)c1Oc1c(N)cccc1Cl. The van der Waals surface area contributed by atoms with E-state index in [2.05, 4.69) is 0 Å². The molecule has 0 atom stereocenters. The Bertz CT molecular complexity index is 468. The molecular weight excluding hydrogens is 259 g/mol. The van der Waals surface area contributed by atoms with Crippen LogP contribution in [0.3, 0.4) is 0 Å². The third kappa shape index (κ3) is 2.40. The molecule has 0 saturated carbocycles. The summed E-state index contributed by atoms with van der Waals surface area (Å²) in [7, 11) is 0. The molecule has 17 heavy (non-hydrogen) atoms. The fraction of sp³-hybridized carbons (Fsp3) is 0. The Morgan fingerprint density at radius 2 is 1.18 bits per heavy atom. The van der Waals surface area contributed by atoms with Crippen LogP contribution < -0.4 is 16.2 Å². The highest BCUT2D eigenvalue weighted by Crippen LogP contribution is 2.40. The number of nitrogens with two attached hydrogens (primary N) is 2. The predicted octanol–water partition coefficient (Wildman–Crippen LogP) is 3.95. The van der Waals surface area contributed by atoms with Crippen LogP contribution in [0.25, 0.3) is 0 Å². The molecule has 0 spiro atoms. The number of ether oxygens (including phenoxy) is 1. The van der Waals surface area contributed by atoms with Gasteiger partial charge in [-0.15, -0.1) is 0 Å². The van der Waals surface area contributed by atoms with E-state index in [1.54, 1.807) is 36.4 Å². The molecule has 0 saturated heterocycles. The van der Waals surface area contributed by atoms with Gasteiger partial charge in [0.05, 0.1) is 21.4 Å². The van der Waals surface area contributed by atoms with Crippen molar-refractivity contribution in [3.63, 3.8) is 0 Å². The molecule has 0 amide bonds. The van der Waals surface area contributed by atoms with Gasteiger partial charge in [0.15, 0.2) is 11.5 Å². The molecule has 5 heteroatoms. The van der Waals surface area contributed by atoms with Crippen molar-refractivity contribution in [2.45, 2.75) is 0 Å². The van der Waals surface area contributed by atoms with E-state index in [4.69, 9.17) is 39.4 Å². The van der Waals surface area contributed by atoms with Gasteiger partial charge >= 0.3 is 0 Å². The van der Waals surface area contributed by atoms with Crippen LogP contribution in [0.5, 0.6) is 11.5 Å². The van der Waals surface area contributed by atoms with Gasteiger partial charge in [-0.2, -0.15) is 0 Å². The second-order valence-electron chi connectivity index (χ2n) is 3.42. The molecule has 2 aromatic rings. The van der Waals surface area contributed by atoms with Crippen LogP contribution in [0.15, 0.2) is 36.4 Å². The van der Waals surface area contributed by atoms with E-state index in [9.17, 15) is 0 Å². The minimum Gasteiger partial charge on any atom is -0.450 e. The van der Waals surface area contributed by atoms with Crippen LogP contribution in [0, 0.1) is 0 Å². The molecule has 0 aromatic heterocycles. The molecule has 2 rings (SSSR count). The minimum atomic E-state index is 0.356. The molecule has 0 radical (unpaired) electrons. The first kappa shape index (κ1) is 11.9. The van der Waals surface area contributed by atoms with Crippen LogP contribution in [0.4, 0.5) is 11.4 Å². The lowest BCUT2D eigenvalue weighted by Crippen LogP contribution is -1.96. The summed E-state index contributed by atoms with van der Waals surface area (Å²) in [6, 6.07) is 10.2. The number of hydrogen-bond acceptors (Lipinski definition) is 3. The second-order valence-corrected chi connectivity index (χ2v) is 4.23. The number of anilines is 2. The zero-order valence-corrected chi connectivity index (χ0v) is 10.3. The summed E-state index contributed by atoms with van der Waals surface area (Å²) in [6.07, 6.45) is 0. The van der Waals surface area contributed by atoms with Crippen molar-refractivity contribution in [3.8, 4) is 11.5 Å². The van der Waals surface area contributed by atoms with Crippen LogP contribution in [0.1, 0.15) is 0 Å². The Labute approximate surface area is 109 Å². The maximum atomic E-state index is 6.00. The summed E-state index contributed by atoms with van der Waals surface area (Å²) in [6.45, 7) is 0. The lowest BCUT2D eigenvalue weighted by molar-refractivity contribution is 0.488. The normalized spacial score (nSPS) is 10.2. The van der Waals surface area contributed by atoms with Gasteiger partial charge in [-0.3, -0.25) is 0 Å². The van der Waals surface area contributed by atoms with Crippen LogP contribution in [0.2, 0.25) is 10.0 Å². The molecule has 4 N–H and O–H groups in total. The van der Waals surface area contributed by atoms with Gasteiger partial charge in [0.25, 0.3) is 0 Å². The Morgan fingerprint density at radius 1 is 0.765 bits per heavy atom. The summed E-state index contributed by atoms with van der Waals surface area (Å²) in [5.74, 6) is 0.711. The summed E-state index contributed by atoms with van der Waals surface area (Å²) in [5, 5.41) is 0.814. The van der Waals surface area contributed by atoms with Crippen molar-refractivity contribution in [2.75, 3.05) is 11.5 Å². The average molecular weight is 269 g/mol. The van der Waals surface area contributed by atoms with Crippen molar-refractivity contribution < 1.29 is 4.74 Å². The van der Waals surface area contributed by atoms with Gasteiger partial charge in [-0.05, 0) is 24.3 Å². The molecule has 2 aromatic carbocycles. The quantitative estimate of drug-likeness (QED) is 0.811. The topological polar surface area (TPSA) is 61.3 Å². The highest BCUT2D eigenvalue weighted by Gasteiger charge is 2.11. The maximum Gasteiger partial charge on any atom is 0.169 e. The summed E-state index contributed by atoms with van der Waals surface area (Å²) >= 11 is 12.0. The molecule has 3 nitrogen and oxygen atoms in total. The molecule has 88 valence electrons. The predicted molar refractivity (Wildman–Crippen MR) is 71.8 cm³/mol. The Kier molecular flexibility index (Phi) is 3.31. The first-order chi connectivity index (χ1) is 8.09. The van der Waals surface area contributed by atoms with Crippen molar-refractivity contribution in [1.82, 2.24) is 0 Å². The number of rotatable bonds is 2. The standard InChI is InChI=1S/C12H10Cl2N2O/c13-7-3-1-5-9(15)11(7)17-12-8(14)4-2-6-10(12)16/h1-6H,15-16H2. The number of nitrogen functional groups attached to an aromatic ring is 2. The number of hydrogen-bond donors (Lipinski definition) is 2. The third-order valence-corrected chi connectivity index (χ3v) is 2.79. The summed E-state index contributed by atoms with van der Waals surface area (Å²) in [4.78, 5) is 0. The first-order valence-electron chi connectivity index (χ1n) is 4.85. The third-order valence-electron chi connectivity index (χ3n) is 2.20. The second kappa shape index (κ2) is 4.73. The van der Waals surface area contributed by atoms with Crippen molar-refractivity contribution >= 4 is 34.6 Å². The average Bonchev–Trinajstić information content (AvgIpc) is 2.27. The van der Waals surface area contributed by atoms with E-state index in [1.165, 1.54) is 0 Å². The summed E-state index contributed by atoms with van der Waals surface area (Å²) < 4.78 is 5.59. The Morgan fingerprint density at radius 3 is 1.53 bits per heavy atom. The lowest BCUT2D eigenvalue weighted by Gasteiger charge is -2.12. The van der Waals surface area contributed by atoms with E-state index < -0.39 is 0 Å². The smallest absolute Gasteiger partial charge is 0.169 e. The molecule has 0 aliphatic rings. The molecule has 0 bridgehead atoms. The van der Waals surface area contributed by atoms with Crippen molar-refractivity contribution in [1.29, 1.82) is 0 Å². The molecule has 0 heterocycles. The Balaban J connectivity index is 2.45. The first-order valence-corrected chi connectivity index (χ1v) is 5.61. The van der Waals surface area contributed by atoms with Crippen molar-refractivity contribution in [2.24, 2.45) is 0 Å². The maximum absolute atomic E-state index is 6.00. The van der Waals surface area contributed by atoms with Crippen molar-refractivity contribution in [3.05, 3.63) is 46.4 Å². The number of para-hydroxylation sites is 2. The zero-order chi connectivity index (χ0) is 12.4. The van der Waals surface area contributed by atoms with Gasteiger partial charge < -0.3 is 16.2 Å². The highest BCUT2D eigenvalue weighted by atomic mass is 35.5. The van der Waals surface area contributed by atoms with Gasteiger partial charge in [-0.1, -0.05) is 35.3 Å². The minimum absolute atomic E-state index is 0.356. The zero-order valence-electron chi connectivity index (χ0n) is 8.78. The van der Waals surface area contributed by atoms with Crippen LogP contribution in [-0.4, -0.2) is 0 Å². The van der Waals surface area contributed by atoms with Gasteiger partial charge in [0, 0.05) is 0 Å². The van der Waals surface area contributed by atoms with E-state index in [0.29, 0.717) is 32.9 Å². The highest BCUT2D eigenvalue weighted by molar-refractivity contribution is 6.33. The van der Waals surface area contributed by atoms with Gasteiger partial charge in [0.2, 0.25) is 0 Å². The van der Waals surface area contributed by atoms with Crippen LogP contribution in [-0.2, 0) is 0 Å². The van der Waals surface area contributed by atoms with E-state index in [0.717, 1.165) is 0 Å². The monoisotopic (exact) mass is 268 g/mol. The molecule has 0 aliphatic carbocycles. The molecular formula is C12H10Cl2N2O. The molecule has 0 fully saturated rings. The number of benzene rings is 2. The fourth-order valence-corrected chi connectivity index (χ4v) is 1.81. The van der Waals surface area contributed by atoms with E-state index in [1.807, 2.05) is 0 Å². The van der Waals surface area contributed by atoms with E-state index >= 15 is 0 Å². The Hall–Kier alpha value is -1.58. The number of halogens is 2. The summed E-state index contributed by atoms with van der Waals surface area (Å²) in [5.41, 5.74) is 12.4. The fourth-order valence-electron chi connectivity index (χ4n) is 1.37. The molecule has 0 aliphatic heterocycles. The van der Waals surface area contributed by atoms with Crippen LogP contribution >= 0.6 is 23.2 Å². The lowest BCUT2D eigenvalue weighted by atomic mass is 10.2. The largest absolute Gasteiger partial charge is 0.450 e. The van der Waals surface area contributed by atoms with E-state index in [-0.39, 0.29) is 0 Å². The van der Waals surface area contributed by atoms with Gasteiger partial charge in [0.1, 0.15) is 0 Å². The van der Waals surface area contributed by atoms with Gasteiger partial charge in [-0.25, -0.2) is 0 Å². The molecule has 0 unspecified atom stereocenters.